The molecule has 1 saturated heterocycles. The van der Waals surface area contributed by atoms with Crippen molar-refractivity contribution in [3.05, 3.63) is 20.8 Å². The molecule has 0 radical (unpaired) electrons. The van der Waals surface area contributed by atoms with E-state index >= 15 is 0 Å². The summed E-state index contributed by atoms with van der Waals surface area (Å²) in [7, 11) is 0. The molecule has 0 N–H and O–H groups in total. The van der Waals surface area contributed by atoms with Gasteiger partial charge in [0, 0.05) is 21.2 Å². The number of carbonyl (C=O) groups excluding carboxylic acids is 1. The number of hydrogen-bond acceptors (Lipinski definition) is 3. The maximum atomic E-state index is 12.8. The van der Waals surface area contributed by atoms with Gasteiger partial charge in [-0.05, 0) is 60.8 Å². The van der Waals surface area contributed by atoms with Crippen LogP contribution >= 0.6 is 27.3 Å². The standard InChI is InChI=1S/C15H22BrNOS/c1-3-15(4-2,17-7-5-6-8-17)14(18)10-13-9-12(16)11-19-13/h9,11H,3-8,10H2,1-2H3. The molecule has 1 fully saturated rings. The molecule has 0 aliphatic carbocycles. The van der Waals surface area contributed by atoms with Gasteiger partial charge in [-0.25, -0.2) is 0 Å². The molecule has 0 amide bonds. The fourth-order valence-corrected chi connectivity index (χ4v) is 4.63. The van der Waals surface area contributed by atoms with Gasteiger partial charge in [0.05, 0.1) is 5.54 Å². The zero-order valence-electron chi connectivity index (χ0n) is 11.7. The first-order valence-electron chi connectivity index (χ1n) is 7.13. The van der Waals surface area contributed by atoms with Crippen LogP contribution in [-0.2, 0) is 11.2 Å². The average molecular weight is 344 g/mol. The number of thiophene rings is 1. The summed E-state index contributed by atoms with van der Waals surface area (Å²) in [5, 5.41) is 2.05. The first-order valence-corrected chi connectivity index (χ1v) is 8.81. The summed E-state index contributed by atoms with van der Waals surface area (Å²) in [5.41, 5.74) is -0.229. The van der Waals surface area contributed by atoms with E-state index in [1.54, 1.807) is 11.3 Å². The van der Waals surface area contributed by atoms with E-state index in [-0.39, 0.29) is 5.54 Å². The van der Waals surface area contributed by atoms with Gasteiger partial charge in [-0.15, -0.1) is 11.3 Å². The quantitative estimate of drug-likeness (QED) is 0.768. The molecule has 0 unspecified atom stereocenters. The first-order chi connectivity index (χ1) is 9.12. The monoisotopic (exact) mass is 343 g/mol. The van der Waals surface area contributed by atoms with Crippen LogP contribution in [0.3, 0.4) is 0 Å². The minimum atomic E-state index is -0.229. The average Bonchev–Trinajstić information content (AvgIpc) is 3.04. The van der Waals surface area contributed by atoms with Crippen LogP contribution in [0.4, 0.5) is 0 Å². The molecule has 2 nitrogen and oxygen atoms in total. The van der Waals surface area contributed by atoms with E-state index in [9.17, 15) is 4.79 Å². The highest BCUT2D eigenvalue weighted by Crippen LogP contribution is 2.31. The number of carbonyl (C=O) groups is 1. The van der Waals surface area contributed by atoms with Crippen LogP contribution in [0.5, 0.6) is 0 Å². The maximum Gasteiger partial charge on any atom is 0.158 e. The van der Waals surface area contributed by atoms with Crippen molar-refractivity contribution in [3.8, 4) is 0 Å². The van der Waals surface area contributed by atoms with Crippen LogP contribution in [-0.4, -0.2) is 29.3 Å². The zero-order chi connectivity index (χ0) is 13.9. The van der Waals surface area contributed by atoms with Crippen molar-refractivity contribution in [3.63, 3.8) is 0 Å². The van der Waals surface area contributed by atoms with Crippen molar-refractivity contribution >= 4 is 33.0 Å². The van der Waals surface area contributed by atoms with Crippen LogP contribution in [0, 0.1) is 0 Å². The van der Waals surface area contributed by atoms with Crippen molar-refractivity contribution in [1.82, 2.24) is 4.90 Å². The summed E-state index contributed by atoms with van der Waals surface area (Å²) in [4.78, 5) is 16.4. The van der Waals surface area contributed by atoms with E-state index in [4.69, 9.17) is 0 Å². The lowest BCUT2D eigenvalue weighted by atomic mass is 9.84. The fraction of sp³-hybridized carbons (Fsp3) is 0.667. The Morgan fingerprint density at radius 1 is 1.37 bits per heavy atom. The number of ketones is 1. The molecule has 1 aliphatic rings. The van der Waals surface area contributed by atoms with Crippen LogP contribution in [0.2, 0.25) is 0 Å². The Kier molecular flexibility index (Phi) is 5.21. The van der Waals surface area contributed by atoms with Gasteiger partial charge in [-0.1, -0.05) is 13.8 Å². The predicted molar refractivity (Wildman–Crippen MR) is 84.9 cm³/mol. The van der Waals surface area contributed by atoms with E-state index < -0.39 is 0 Å². The van der Waals surface area contributed by atoms with Crippen molar-refractivity contribution in [1.29, 1.82) is 0 Å². The van der Waals surface area contributed by atoms with Crippen molar-refractivity contribution in [2.75, 3.05) is 13.1 Å². The molecule has 106 valence electrons. The molecule has 19 heavy (non-hydrogen) atoms. The normalized spacial score (nSPS) is 17.0. The Hall–Kier alpha value is -0.190. The number of rotatable bonds is 6. The predicted octanol–water partition coefficient (Wildman–Crippen LogP) is 4.28. The molecular formula is C15H22BrNOS. The summed E-state index contributed by atoms with van der Waals surface area (Å²) in [6, 6.07) is 2.07. The number of likely N-dealkylation sites (tertiary alicyclic amines) is 1. The van der Waals surface area contributed by atoms with Gasteiger partial charge < -0.3 is 0 Å². The van der Waals surface area contributed by atoms with Gasteiger partial charge in [0.25, 0.3) is 0 Å². The fourth-order valence-electron chi connectivity index (χ4n) is 3.18. The minimum Gasteiger partial charge on any atom is -0.297 e. The Bertz CT molecular complexity index is 433. The number of Topliss-reactive ketones (excluding diaryl/α,β-unsaturated/α-hetero) is 1. The van der Waals surface area contributed by atoms with Crippen LogP contribution in [0.15, 0.2) is 15.9 Å². The van der Waals surface area contributed by atoms with E-state index in [0.29, 0.717) is 12.2 Å². The van der Waals surface area contributed by atoms with Gasteiger partial charge in [-0.3, -0.25) is 9.69 Å². The van der Waals surface area contributed by atoms with Crippen molar-refractivity contribution < 1.29 is 4.79 Å². The lowest BCUT2D eigenvalue weighted by Gasteiger charge is -2.39. The van der Waals surface area contributed by atoms with Crippen molar-refractivity contribution in [2.24, 2.45) is 0 Å². The second-order valence-corrected chi connectivity index (χ2v) is 7.18. The summed E-state index contributed by atoms with van der Waals surface area (Å²) < 4.78 is 1.08. The van der Waals surface area contributed by atoms with Gasteiger partial charge >= 0.3 is 0 Å². The van der Waals surface area contributed by atoms with E-state index in [2.05, 4.69) is 46.1 Å². The molecule has 0 saturated carbocycles. The smallest absolute Gasteiger partial charge is 0.158 e. The Labute approximate surface area is 128 Å². The topological polar surface area (TPSA) is 20.3 Å². The summed E-state index contributed by atoms with van der Waals surface area (Å²) in [6.45, 7) is 6.48. The molecule has 1 aromatic heterocycles. The summed E-state index contributed by atoms with van der Waals surface area (Å²) in [5.74, 6) is 0.397. The van der Waals surface area contributed by atoms with Crippen LogP contribution in [0.1, 0.15) is 44.4 Å². The first kappa shape index (κ1) is 15.2. The van der Waals surface area contributed by atoms with Gasteiger partial charge in [-0.2, -0.15) is 0 Å². The molecule has 0 aromatic carbocycles. The highest BCUT2D eigenvalue weighted by atomic mass is 79.9. The lowest BCUT2D eigenvalue weighted by Crippen LogP contribution is -2.53. The van der Waals surface area contributed by atoms with Gasteiger partial charge in [0.2, 0.25) is 0 Å². The van der Waals surface area contributed by atoms with Gasteiger partial charge in [0.15, 0.2) is 5.78 Å². The summed E-state index contributed by atoms with van der Waals surface area (Å²) in [6.07, 6.45) is 4.90. The van der Waals surface area contributed by atoms with E-state index in [0.717, 1.165) is 30.4 Å². The molecule has 0 atom stereocenters. The Balaban J connectivity index is 2.15. The van der Waals surface area contributed by atoms with E-state index in [1.807, 2.05) is 0 Å². The second kappa shape index (κ2) is 6.51. The van der Waals surface area contributed by atoms with Gasteiger partial charge in [0.1, 0.15) is 0 Å². The highest BCUT2D eigenvalue weighted by Gasteiger charge is 2.41. The minimum absolute atomic E-state index is 0.229. The molecule has 0 spiro atoms. The number of nitrogens with zero attached hydrogens (tertiary/aromatic N) is 1. The highest BCUT2D eigenvalue weighted by molar-refractivity contribution is 9.10. The molecule has 0 bridgehead atoms. The molecule has 1 aliphatic heterocycles. The number of halogens is 1. The van der Waals surface area contributed by atoms with Crippen LogP contribution < -0.4 is 0 Å². The van der Waals surface area contributed by atoms with Crippen LogP contribution in [0.25, 0.3) is 0 Å². The largest absolute Gasteiger partial charge is 0.297 e. The molecular weight excluding hydrogens is 322 g/mol. The third-order valence-electron chi connectivity index (χ3n) is 4.36. The third-order valence-corrected chi connectivity index (χ3v) is 6.05. The molecule has 2 heterocycles. The summed E-state index contributed by atoms with van der Waals surface area (Å²) >= 11 is 5.13. The maximum absolute atomic E-state index is 12.8. The third kappa shape index (κ3) is 3.11. The molecule has 4 heteroatoms. The van der Waals surface area contributed by atoms with Crippen molar-refractivity contribution in [2.45, 2.75) is 51.5 Å². The number of hydrogen-bond donors (Lipinski definition) is 0. The second-order valence-electron chi connectivity index (χ2n) is 5.26. The van der Waals surface area contributed by atoms with E-state index in [1.165, 1.54) is 17.7 Å². The zero-order valence-corrected chi connectivity index (χ0v) is 14.1. The SMILES string of the molecule is CCC(CC)(C(=O)Cc1cc(Br)cs1)N1CCCC1. The Morgan fingerprint density at radius 2 is 2.00 bits per heavy atom. The Morgan fingerprint density at radius 3 is 2.47 bits per heavy atom. The molecule has 1 aromatic rings. The lowest BCUT2D eigenvalue weighted by molar-refractivity contribution is -0.130. The molecule has 2 rings (SSSR count).